The van der Waals surface area contributed by atoms with Crippen molar-refractivity contribution in [1.82, 2.24) is 10.6 Å². The van der Waals surface area contributed by atoms with Crippen molar-refractivity contribution in [3.05, 3.63) is 0 Å². The third-order valence-electron chi connectivity index (χ3n) is 3.52. The fourth-order valence-electron chi connectivity index (χ4n) is 2.39. The Bertz CT molecular complexity index is 327. The lowest BCUT2D eigenvalue weighted by Crippen LogP contribution is -2.68. The summed E-state index contributed by atoms with van der Waals surface area (Å²) in [6.45, 7) is 3.71. The SMILES string of the molecule is CN[C@@](C(N)=O)(C(=O)[C@@]1(F)CCNC1)C(C)C. The Kier molecular flexibility index (Phi) is 3.88. The van der Waals surface area contributed by atoms with Gasteiger partial charge in [-0.2, -0.15) is 0 Å². The van der Waals surface area contributed by atoms with Crippen molar-refractivity contribution < 1.29 is 14.0 Å². The van der Waals surface area contributed by atoms with Crippen molar-refractivity contribution in [1.29, 1.82) is 0 Å². The first-order chi connectivity index (χ1) is 7.81. The Balaban J connectivity index is 3.15. The van der Waals surface area contributed by atoms with Gasteiger partial charge in [0.25, 0.3) is 0 Å². The molecule has 1 aliphatic rings. The molecule has 0 spiro atoms. The van der Waals surface area contributed by atoms with Crippen LogP contribution >= 0.6 is 0 Å². The van der Waals surface area contributed by atoms with Gasteiger partial charge in [-0.3, -0.25) is 14.9 Å². The largest absolute Gasteiger partial charge is 0.368 e. The highest BCUT2D eigenvalue weighted by Crippen LogP contribution is 2.30. The van der Waals surface area contributed by atoms with Gasteiger partial charge in [-0.05, 0) is 19.5 Å². The number of nitrogens with one attached hydrogen (secondary N) is 2. The number of Topliss-reactive ketones (excluding diaryl/α,β-unsaturated/α-hetero) is 1. The molecule has 1 fully saturated rings. The molecular weight excluding hydrogens is 225 g/mol. The standard InChI is InChI=1S/C11H20FN3O2/c1-7(2)11(14-3,9(13)17)8(16)10(12)4-5-15-6-10/h7,14-15H,4-6H2,1-3H3,(H2,13,17)/t10-,11-/m1/s1. The molecule has 4 N–H and O–H groups in total. The number of primary amides is 1. The van der Waals surface area contributed by atoms with Crippen molar-refractivity contribution in [2.75, 3.05) is 20.1 Å². The lowest BCUT2D eigenvalue weighted by atomic mass is 9.75. The van der Waals surface area contributed by atoms with E-state index in [0.717, 1.165) is 0 Å². The van der Waals surface area contributed by atoms with E-state index in [0.29, 0.717) is 6.54 Å². The van der Waals surface area contributed by atoms with E-state index >= 15 is 0 Å². The molecule has 0 bridgehead atoms. The summed E-state index contributed by atoms with van der Waals surface area (Å²) in [5, 5.41) is 5.42. The molecule has 98 valence electrons. The summed E-state index contributed by atoms with van der Waals surface area (Å²) in [6, 6.07) is 0. The monoisotopic (exact) mass is 245 g/mol. The maximum absolute atomic E-state index is 14.4. The molecule has 0 aromatic heterocycles. The highest BCUT2D eigenvalue weighted by atomic mass is 19.1. The van der Waals surface area contributed by atoms with Crippen LogP contribution in [0.15, 0.2) is 0 Å². The van der Waals surface area contributed by atoms with Crippen molar-refractivity contribution in [2.24, 2.45) is 11.7 Å². The zero-order valence-electron chi connectivity index (χ0n) is 10.5. The van der Waals surface area contributed by atoms with Gasteiger partial charge in [0.05, 0.1) is 0 Å². The summed E-state index contributed by atoms with van der Waals surface area (Å²) in [4.78, 5) is 23.9. The van der Waals surface area contributed by atoms with Crippen molar-refractivity contribution >= 4 is 11.7 Å². The number of amides is 1. The number of hydrogen-bond donors (Lipinski definition) is 3. The summed E-state index contributed by atoms with van der Waals surface area (Å²) in [5.41, 5.74) is 1.65. The molecule has 6 heteroatoms. The summed E-state index contributed by atoms with van der Waals surface area (Å²) >= 11 is 0. The van der Waals surface area contributed by atoms with Gasteiger partial charge in [0, 0.05) is 13.0 Å². The molecule has 1 rings (SSSR count). The van der Waals surface area contributed by atoms with Crippen LogP contribution in [-0.2, 0) is 9.59 Å². The van der Waals surface area contributed by atoms with Crippen molar-refractivity contribution in [3.63, 3.8) is 0 Å². The van der Waals surface area contributed by atoms with Crippen LogP contribution in [0.3, 0.4) is 0 Å². The number of halogens is 1. The summed E-state index contributed by atoms with van der Waals surface area (Å²) in [5.74, 6) is -2.00. The fourth-order valence-corrected chi connectivity index (χ4v) is 2.39. The predicted molar refractivity (Wildman–Crippen MR) is 62.2 cm³/mol. The number of alkyl halides is 1. The number of nitrogens with two attached hydrogens (primary N) is 1. The van der Waals surface area contributed by atoms with E-state index in [1.807, 2.05) is 0 Å². The van der Waals surface area contributed by atoms with E-state index < -0.39 is 28.8 Å². The quantitative estimate of drug-likeness (QED) is 0.562. The molecular formula is C11H20FN3O2. The highest BCUT2D eigenvalue weighted by molar-refractivity contribution is 6.14. The van der Waals surface area contributed by atoms with Gasteiger partial charge in [0.2, 0.25) is 11.7 Å². The van der Waals surface area contributed by atoms with Crippen molar-refractivity contribution in [3.8, 4) is 0 Å². The molecule has 1 amide bonds. The van der Waals surface area contributed by atoms with Crippen LogP contribution in [0.2, 0.25) is 0 Å². The number of hydrogen-bond acceptors (Lipinski definition) is 4. The van der Waals surface area contributed by atoms with Crippen LogP contribution in [0, 0.1) is 5.92 Å². The molecule has 5 nitrogen and oxygen atoms in total. The third-order valence-corrected chi connectivity index (χ3v) is 3.52. The van der Waals surface area contributed by atoms with Crippen LogP contribution in [0.5, 0.6) is 0 Å². The number of carbonyl (C=O) groups excluding carboxylic acids is 2. The number of rotatable bonds is 5. The maximum atomic E-state index is 14.4. The van der Waals surface area contributed by atoms with E-state index in [1.54, 1.807) is 13.8 Å². The second-order valence-corrected chi connectivity index (χ2v) is 4.80. The lowest BCUT2D eigenvalue weighted by molar-refractivity contribution is -0.145. The zero-order chi connectivity index (χ0) is 13.3. The van der Waals surface area contributed by atoms with Gasteiger partial charge < -0.3 is 11.1 Å². The summed E-state index contributed by atoms with van der Waals surface area (Å²) < 4.78 is 14.4. The molecule has 0 aromatic rings. The van der Waals surface area contributed by atoms with Crippen LogP contribution in [0.4, 0.5) is 4.39 Å². The Hall–Kier alpha value is -1.01. The number of likely N-dealkylation sites (N-methyl/N-ethyl adjacent to an activating group) is 1. The van der Waals surface area contributed by atoms with Crippen LogP contribution in [-0.4, -0.2) is 43.0 Å². The fraction of sp³-hybridized carbons (Fsp3) is 0.818. The van der Waals surface area contributed by atoms with E-state index in [1.165, 1.54) is 7.05 Å². The van der Waals surface area contributed by atoms with Crippen LogP contribution in [0.25, 0.3) is 0 Å². The molecule has 0 unspecified atom stereocenters. The van der Waals surface area contributed by atoms with Gasteiger partial charge in [0.15, 0.2) is 11.2 Å². The average Bonchev–Trinajstić information content (AvgIpc) is 2.67. The molecule has 0 saturated carbocycles. The summed E-state index contributed by atoms with van der Waals surface area (Å²) in [7, 11) is 1.45. The van der Waals surface area contributed by atoms with Gasteiger partial charge in [-0.25, -0.2) is 4.39 Å². The predicted octanol–water partition coefficient (Wildman–Crippen LogP) is -0.643. The number of carbonyl (C=O) groups is 2. The Labute approximate surface area is 100 Å². The van der Waals surface area contributed by atoms with E-state index in [-0.39, 0.29) is 13.0 Å². The van der Waals surface area contributed by atoms with Crippen LogP contribution in [0.1, 0.15) is 20.3 Å². The van der Waals surface area contributed by atoms with E-state index in [2.05, 4.69) is 10.6 Å². The first-order valence-electron chi connectivity index (χ1n) is 5.74. The molecule has 1 heterocycles. The normalized spacial score (nSPS) is 28.1. The second kappa shape index (κ2) is 4.70. The van der Waals surface area contributed by atoms with E-state index in [9.17, 15) is 14.0 Å². The van der Waals surface area contributed by atoms with Gasteiger partial charge >= 0.3 is 0 Å². The smallest absolute Gasteiger partial charge is 0.245 e. The minimum Gasteiger partial charge on any atom is -0.368 e. The lowest BCUT2D eigenvalue weighted by Gasteiger charge is -2.36. The Morgan fingerprint density at radius 2 is 2.12 bits per heavy atom. The summed E-state index contributed by atoms with van der Waals surface area (Å²) in [6.07, 6.45) is 0.0786. The minimum atomic E-state index is -2.01. The topological polar surface area (TPSA) is 84.2 Å². The van der Waals surface area contributed by atoms with E-state index in [4.69, 9.17) is 5.73 Å². The van der Waals surface area contributed by atoms with Crippen molar-refractivity contribution in [2.45, 2.75) is 31.5 Å². The maximum Gasteiger partial charge on any atom is 0.245 e. The minimum absolute atomic E-state index is 0.0603. The van der Waals surface area contributed by atoms with Gasteiger partial charge in [-0.1, -0.05) is 13.8 Å². The van der Waals surface area contributed by atoms with Gasteiger partial charge in [-0.15, -0.1) is 0 Å². The molecule has 0 radical (unpaired) electrons. The second-order valence-electron chi connectivity index (χ2n) is 4.80. The average molecular weight is 245 g/mol. The Morgan fingerprint density at radius 3 is 2.41 bits per heavy atom. The molecule has 1 aliphatic heterocycles. The third kappa shape index (κ3) is 2.07. The first kappa shape index (κ1) is 14.1. The molecule has 0 aliphatic carbocycles. The van der Waals surface area contributed by atoms with Crippen LogP contribution < -0.4 is 16.4 Å². The first-order valence-corrected chi connectivity index (χ1v) is 5.74. The number of ketones is 1. The highest BCUT2D eigenvalue weighted by Gasteiger charge is 2.56. The molecule has 2 atom stereocenters. The Morgan fingerprint density at radius 1 is 1.53 bits per heavy atom. The molecule has 1 saturated heterocycles. The zero-order valence-corrected chi connectivity index (χ0v) is 10.5. The molecule has 0 aromatic carbocycles. The van der Waals surface area contributed by atoms with Gasteiger partial charge in [0.1, 0.15) is 0 Å². The molecule has 17 heavy (non-hydrogen) atoms.